The Hall–Kier alpha value is -0.580. The van der Waals surface area contributed by atoms with Crippen molar-refractivity contribution < 1.29 is 5.11 Å². The van der Waals surface area contributed by atoms with Crippen LogP contribution in [-0.4, -0.2) is 11.7 Å². The molecule has 112 valence electrons. The Balaban J connectivity index is 2.48. The minimum Gasteiger partial charge on any atom is -0.388 e. The summed E-state index contributed by atoms with van der Waals surface area (Å²) in [6.45, 7) is 2.21. The van der Waals surface area contributed by atoms with Crippen molar-refractivity contribution in [1.82, 2.24) is 0 Å². The van der Waals surface area contributed by atoms with E-state index in [2.05, 4.69) is 15.9 Å². The van der Waals surface area contributed by atoms with Gasteiger partial charge in [0.1, 0.15) is 0 Å². The average Bonchev–Trinajstić information content (AvgIpc) is 2.45. The molecule has 0 saturated carbocycles. The predicted molar refractivity (Wildman–Crippen MR) is 92.1 cm³/mol. The van der Waals surface area contributed by atoms with Gasteiger partial charge in [-0.3, -0.25) is 0 Å². The molecule has 2 rings (SSSR count). The van der Waals surface area contributed by atoms with Gasteiger partial charge in [-0.15, -0.1) is 0 Å². The summed E-state index contributed by atoms with van der Waals surface area (Å²) in [5, 5.41) is 11.8. The van der Waals surface area contributed by atoms with Crippen LogP contribution in [0.15, 0.2) is 40.9 Å². The number of aliphatic hydroxyl groups excluding tert-OH is 1. The summed E-state index contributed by atoms with van der Waals surface area (Å²) in [6.07, 6.45) is -0.790. The molecule has 3 N–H and O–H groups in total. The fourth-order valence-electron chi connectivity index (χ4n) is 2.38. The summed E-state index contributed by atoms with van der Waals surface area (Å²) < 4.78 is 0.874. The summed E-state index contributed by atoms with van der Waals surface area (Å²) in [6, 6.07) is 11.0. The lowest BCUT2D eigenvalue weighted by Gasteiger charge is -2.25. The van der Waals surface area contributed by atoms with E-state index in [1.807, 2.05) is 25.1 Å². The summed E-state index contributed by atoms with van der Waals surface area (Å²) in [4.78, 5) is 0. The second kappa shape index (κ2) is 7.12. The lowest BCUT2D eigenvalue weighted by Crippen LogP contribution is -2.21. The van der Waals surface area contributed by atoms with E-state index in [-0.39, 0.29) is 12.5 Å². The quantitative estimate of drug-likeness (QED) is 0.786. The van der Waals surface area contributed by atoms with Crippen LogP contribution >= 0.6 is 39.1 Å². The van der Waals surface area contributed by atoms with Crippen LogP contribution in [0.4, 0.5) is 0 Å². The molecule has 0 bridgehead atoms. The minimum atomic E-state index is -0.790. The third kappa shape index (κ3) is 3.43. The van der Waals surface area contributed by atoms with Gasteiger partial charge in [-0.1, -0.05) is 63.4 Å². The van der Waals surface area contributed by atoms with E-state index in [4.69, 9.17) is 28.9 Å². The first-order valence-electron chi connectivity index (χ1n) is 6.54. The van der Waals surface area contributed by atoms with Crippen LogP contribution in [0.25, 0.3) is 0 Å². The van der Waals surface area contributed by atoms with Gasteiger partial charge in [0.25, 0.3) is 0 Å². The first-order valence-corrected chi connectivity index (χ1v) is 8.09. The number of nitrogens with two attached hydrogens (primary N) is 1. The molecule has 21 heavy (non-hydrogen) atoms. The van der Waals surface area contributed by atoms with Gasteiger partial charge < -0.3 is 10.8 Å². The highest BCUT2D eigenvalue weighted by Crippen LogP contribution is 2.40. The number of benzene rings is 2. The SMILES string of the molecule is Cc1cccc(C(O)C(CN)c2c(Cl)cccc2Cl)c1Br. The second-order valence-corrected chi connectivity index (χ2v) is 6.51. The molecule has 2 nitrogen and oxygen atoms in total. The lowest BCUT2D eigenvalue weighted by molar-refractivity contribution is 0.146. The smallest absolute Gasteiger partial charge is 0.0882 e. The van der Waals surface area contributed by atoms with Gasteiger partial charge in [-0.25, -0.2) is 0 Å². The largest absolute Gasteiger partial charge is 0.388 e. The van der Waals surface area contributed by atoms with E-state index in [9.17, 15) is 5.11 Å². The fraction of sp³-hybridized carbons (Fsp3) is 0.250. The number of hydrogen-bond donors (Lipinski definition) is 2. The molecule has 2 aromatic rings. The molecule has 0 aliphatic carbocycles. The first-order chi connectivity index (χ1) is 9.97. The van der Waals surface area contributed by atoms with Crippen molar-refractivity contribution in [3.05, 3.63) is 67.6 Å². The molecule has 0 aliphatic heterocycles. The molecule has 0 fully saturated rings. The van der Waals surface area contributed by atoms with Crippen LogP contribution in [0.3, 0.4) is 0 Å². The number of aryl methyl sites for hydroxylation is 1. The predicted octanol–water partition coefficient (Wildman–Crippen LogP) is 4.84. The Morgan fingerprint density at radius 1 is 1.14 bits per heavy atom. The van der Waals surface area contributed by atoms with Crippen molar-refractivity contribution in [3.63, 3.8) is 0 Å². The number of hydrogen-bond acceptors (Lipinski definition) is 2. The Bertz CT molecular complexity index is 628. The van der Waals surface area contributed by atoms with E-state index in [1.165, 1.54) is 0 Å². The highest BCUT2D eigenvalue weighted by Gasteiger charge is 2.27. The number of aliphatic hydroxyl groups is 1. The molecule has 2 unspecified atom stereocenters. The van der Waals surface area contributed by atoms with Gasteiger partial charge >= 0.3 is 0 Å². The van der Waals surface area contributed by atoms with Crippen molar-refractivity contribution in [3.8, 4) is 0 Å². The molecule has 0 radical (unpaired) electrons. The highest BCUT2D eigenvalue weighted by atomic mass is 79.9. The van der Waals surface area contributed by atoms with E-state index in [0.717, 1.165) is 15.6 Å². The van der Waals surface area contributed by atoms with E-state index in [1.54, 1.807) is 18.2 Å². The van der Waals surface area contributed by atoms with Crippen molar-refractivity contribution in [1.29, 1.82) is 0 Å². The lowest BCUT2D eigenvalue weighted by atomic mass is 9.88. The van der Waals surface area contributed by atoms with Crippen LogP contribution in [0.1, 0.15) is 28.7 Å². The average molecular weight is 389 g/mol. The van der Waals surface area contributed by atoms with Crippen LogP contribution in [0.5, 0.6) is 0 Å². The molecular weight excluding hydrogens is 373 g/mol. The molecule has 0 amide bonds. The maximum Gasteiger partial charge on any atom is 0.0882 e. The minimum absolute atomic E-state index is 0.241. The standard InChI is InChI=1S/C16H16BrCl2NO/c1-9-4-2-5-10(15(9)17)16(21)11(8-20)14-12(18)6-3-7-13(14)19/h2-7,11,16,21H,8,20H2,1H3. The maximum absolute atomic E-state index is 10.8. The van der Waals surface area contributed by atoms with Crippen LogP contribution in [0, 0.1) is 6.92 Å². The third-order valence-electron chi connectivity index (χ3n) is 3.55. The van der Waals surface area contributed by atoms with Crippen molar-refractivity contribution in [2.24, 2.45) is 5.73 Å². The molecule has 0 saturated heterocycles. The molecule has 0 aromatic heterocycles. The van der Waals surface area contributed by atoms with Gasteiger partial charge in [0.05, 0.1) is 6.10 Å². The molecule has 0 heterocycles. The topological polar surface area (TPSA) is 46.2 Å². The van der Waals surface area contributed by atoms with E-state index >= 15 is 0 Å². The van der Waals surface area contributed by atoms with Crippen molar-refractivity contribution >= 4 is 39.1 Å². The summed E-state index contributed by atoms with van der Waals surface area (Å²) in [5.74, 6) is -0.371. The molecule has 0 spiro atoms. The van der Waals surface area contributed by atoms with Gasteiger partial charge in [0, 0.05) is 27.0 Å². The van der Waals surface area contributed by atoms with E-state index in [0.29, 0.717) is 15.6 Å². The Morgan fingerprint density at radius 3 is 2.29 bits per heavy atom. The first kappa shape index (κ1) is 16.8. The van der Waals surface area contributed by atoms with Crippen molar-refractivity contribution in [2.75, 3.05) is 6.54 Å². The van der Waals surface area contributed by atoms with Gasteiger partial charge in [-0.2, -0.15) is 0 Å². The second-order valence-electron chi connectivity index (χ2n) is 4.90. The fourth-order valence-corrected chi connectivity index (χ4v) is 3.56. The number of halogens is 3. The van der Waals surface area contributed by atoms with E-state index < -0.39 is 6.10 Å². The normalized spacial score (nSPS) is 14.0. The zero-order valence-corrected chi connectivity index (χ0v) is 14.6. The van der Waals surface area contributed by atoms with Crippen LogP contribution < -0.4 is 5.73 Å². The molecule has 2 atom stereocenters. The van der Waals surface area contributed by atoms with Gasteiger partial charge in [0.15, 0.2) is 0 Å². The zero-order chi connectivity index (χ0) is 15.6. The monoisotopic (exact) mass is 387 g/mol. The Morgan fingerprint density at radius 2 is 1.71 bits per heavy atom. The summed E-state index contributed by atoms with van der Waals surface area (Å²) >= 11 is 16.0. The van der Waals surface area contributed by atoms with Gasteiger partial charge in [-0.05, 0) is 35.7 Å². The Kier molecular flexibility index (Phi) is 5.69. The van der Waals surface area contributed by atoms with Gasteiger partial charge in [0.2, 0.25) is 0 Å². The third-order valence-corrected chi connectivity index (χ3v) is 5.29. The molecule has 5 heteroatoms. The van der Waals surface area contributed by atoms with Crippen LogP contribution in [0.2, 0.25) is 10.0 Å². The summed E-state index contributed by atoms with van der Waals surface area (Å²) in [7, 11) is 0. The van der Waals surface area contributed by atoms with Crippen molar-refractivity contribution in [2.45, 2.75) is 18.9 Å². The number of rotatable bonds is 4. The molecule has 0 aliphatic rings. The molecular formula is C16H16BrCl2NO. The highest BCUT2D eigenvalue weighted by molar-refractivity contribution is 9.10. The van der Waals surface area contributed by atoms with Crippen LogP contribution in [-0.2, 0) is 0 Å². The summed E-state index contributed by atoms with van der Waals surface area (Å²) in [5.41, 5.74) is 8.39. The zero-order valence-electron chi connectivity index (χ0n) is 11.5. The maximum atomic E-state index is 10.8. The molecule has 2 aromatic carbocycles. The Labute approximate surface area is 143 Å².